The molecule has 0 fully saturated rings. The Morgan fingerprint density at radius 3 is 2.21 bits per heavy atom. The van der Waals surface area contributed by atoms with E-state index in [1.807, 2.05) is 30.3 Å². The van der Waals surface area contributed by atoms with Crippen LogP contribution < -0.4 is 14.4 Å². The van der Waals surface area contributed by atoms with Crippen LogP contribution in [-0.2, 0) is 10.0 Å². The molecule has 0 unspecified atom stereocenters. The van der Waals surface area contributed by atoms with Crippen LogP contribution in [0.3, 0.4) is 0 Å². The molecule has 0 spiro atoms. The maximum atomic E-state index is 12.8. The monoisotopic (exact) mass is 410 g/mol. The first-order valence-corrected chi connectivity index (χ1v) is 10.4. The van der Waals surface area contributed by atoms with Crippen LogP contribution in [0, 0.1) is 6.92 Å². The summed E-state index contributed by atoms with van der Waals surface area (Å²) >= 11 is 0. The predicted octanol–water partition coefficient (Wildman–Crippen LogP) is 4.08. The van der Waals surface area contributed by atoms with E-state index >= 15 is 0 Å². The van der Waals surface area contributed by atoms with Gasteiger partial charge in [-0.2, -0.15) is 0 Å². The molecule has 0 radical (unpaired) electrons. The van der Waals surface area contributed by atoms with E-state index in [0.29, 0.717) is 22.6 Å². The zero-order valence-electron chi connectivity index (χ0n) is 16.4. The minimum Gasteiger partial charge on any atom is -0.497 e. The number of carbonyl (C=O) groups excluding carboxylic acids is 1. The number of methoxy groups -OCH3 is 1. The lowest BCUT2D eigenvalue weighted by Crippen LogP contribution is -2.26. The predicted molar refractivity (Wildman–Crippen MR) is 114 cm³/mol. The quantitative estimate of drug-likeness (QED) is 0.664. The Kier molecular flexibility index (Phi) is 5.89. The van der Waals surface area contributed by atoms with Crippen molar-refractivity contribution in [3.05, 3.63) is 83.9 Å². The van der Waals surface area contributed by atoms with Crippen LogP contribution in [0.1, 0.15) is 15.9 Å². The molecule has 3 aromatic rings. The van der Waals surface area contributed by atoms with Crippen molar-refractivity contribution in [2.75, 3.05) is 23.8 Å². The van der Waals surface area contributed by atoms with Gasteiger partial charge < -0.3 is 9.64 Å². The van der Waals surface area contributed by atoms with Gasteiger partial charge in [-0.3, -0.25) is 9.52 Å². The number of hydrogen-bond acceptors (Lipinski definition) is 4. The van der Waals surface area contributed by atoms with E-state index in [1.54, 1.807) is 49.2 Å². The SMILES string of the molecule is COc1ccc(S(=O)(=O)Nc2ccc(C(=O)N(C)c3ccccc3)cc2C)cc1. The summed E-state index contributed by atoms with van der Waals surface area (Å²) in [7, 11) is -0.535. The van der Waals surface area contributed by atoms with Gasteiger partial charge in [0.25, 0.3) is 15.9 Å². The highest BCUT2D eigenvalue weighted by atomic mass is 32.2. The summed E-state index contributed by atoms with van der Waals surface area (Å²) in [4.78, 5) is 14.4. The van der Waals surface area contributed by atoms with Gasteiger partial charge in [-0.15, -0.1) is 0 Å². The van der Waals surface area contributed by atoms with Crippen molar-refractivity contribution in [3.8, 4) is 5.75 Å². The molecule has 150 valence electrons. The van der Waals surface area contributed by atoms with Crippen LogP contribution in [-0.4, -0.2) is 28.5 Å². The molecular formula is C22H22N2O4S. The molecule has 0 aromatic heterocycles. The summed E-state index contributed by atoms with van der Waals surface area (Å²) in [5, 5.41) is 0. The number of hydrogen-bond donors (Lipinski definition) is 1. The van der Waals surface area contributed by atoms with E-state index in [1.165, 1.54) is 19.2 Å². The number of aryl methyl sites for hydroxylation is 1. The molecule has 0 saturated heterocycles. The summed E-state index contributed by atoms with van der Waals surface area (Å²) in [6.07, 6.45) is 0. The molecular weight excluding hydrogens is 388 g/mol. The fourth-order valence-corrected chi connectivity index (χ4v) is 3.96. The van der Waals surface area contributed by atoms with E-state index in [9.17, 15) is 13.2 Å². The molecule has 0 aliphatic carbocycles. The molecule has 0 heterocycles. The van der Waals surface area contributed by atoms with Crippen LogP contribution in [0.4, 0.5) is 11.4 Å². The fourth-order valence-electron chi connectivity index (χ4n) is 2.83. The second-order valence-corrected chi connectivity index (χ2v) is 8.19. The van der Waals surface area contributed by atoms with Gasteiger partial charge in [-0.25, -0.2) is 8.42 Å². The Balaban J connectivity index is 1.81. The maximum Gasteiger partial charge on any atom is 0.261 e. The number of rotatable bonds is 6. The third-order valence-electron chi connectivity index (χ3n) is 4.54. The van der Waals surface area contributed by atoms with Gasteiger partial charge in [0.05, 0.1) is 17.7 Å². The highest BCUT2D eigenvalue weighted by molar-refractivity contribution is 7.92. The van der Waals surface area contributed by atoms with Crippen molar-refractivity contribution in [1.82, 2.24) is 0 Å². The molecule has 0 aliphatic rings. The van der Waals surface area contributed by atoms with Gasteiger partial charge in [0, 0.05) is 18.3 Å². The Morgan fingerprint density at radius 1 is 0.966 bits per heavy atom. The summed E-state index contributed by atoms with van der Waals surface area (Å²) < 4.78 is 32.9. The lowest BCUT2D eigenvalue weighted by molar-refractivity contribution is 0.0993. The van der Waals surface area contributed by atoms with Crippen LogP contribution in [0.5, 0.6) is 5.75 Å². The smallest absolute Gasteiger partial charge is 0.261 e. The first-order valence-electron chi connectivity index (χ1n) is 8.92. The molecule has 3 aromatic carbocycles. The number of anilines is 2. The standard InChI is InChI=1S/C22H22N2O4S/c1-16-15-17(22(25)24(2)18-7-5-4-6-8-18)9-14-21(16)23-29(26,27)20-12-10-19(28-3)11-13-20/h4-15,23H,1-3H3. The first kappa shape index (κ1) is 20.4. The van der Waals surface area contributed by atoms with Gasteiger partial charge in [0.2, 0.25) is 0 Å². The average Bonchev–Trinajstić information content (AvgIpc) is 2.74. The summed E-state index contributed by atoms with van der Waals surface area (Å²) in [5.41, 5.74) is 2.31. The normalized spacial score (nSPS) is 11.0. The first-order chi connectivity index (χ1) is 13.8. The minimum absolute atomic E-state index is 0.127. The van der Waals surface area contributed by atoms with E-state index in [0.717, 1.165) is 5.69 Å². The molecule has 3 rings (SSSR count). The van der Waals surface area contributed by atoms with Crippen LogP contribution in [0.2, 0.25) is 0 Å². The summed E-state index contributed by atoms with van der Waals surface area (Å²) in [6, 6.07) is 20.3. The largest absolute Gasteiger partial charge is 0.497 e. The Hall–Kier alpha value is -3.32. The van der Waals surface area contributed by atoms with Crippen molar-refractivity contribution < 1.29 is 17.9 Å². The number of carbonyl (C=O) groups is 1. The average molecular weight is 410 g/mol. The number of ether oxygens (including phenoxy) is 1. The summed E-state index contributed by atoms with van der Waals surface area (Å²) in [5.74, 6) is 0.398. The van der Waals surface area contributed by atoms with E-state index in [2.05, 4.69) is 4.72 Å². The van der Waals surface area contributed by atoms with Gasteiger partial charge in [-0.05, 0) is 67.1 Å². The van der Waals surface area contributed by atoms with Gasteiger partial charge in [-0.1, -0.05) is 18.2 Å². The van der Waals surface area contributed by atoms with Gasteiger partial charge >= 0.3 is 0 Å². The number of amides is 1. The Morgan fingerprint density at radius 2 is 1.62 bits per heavy atom. The number of nitrogens with one attached hydrogen (secondary N) is 1. The zero-order chi connectivity index (χ0) is 21.0. The third-order valence-corrected chi connectivity index (χ3v) is 5.92. The van der Waals surface area contributed by atoms with Crippen LogP contribution in [0.25, 0.3) is 0 Å². The van der Waals surface area contributed by atoms with Crippen molar-refractivity contribution >= 4 is 27.3 Å². The molecule has 0 aliphatic heterocycles. The summed E-state index contributed by atoms with van der Waals surface area (Å²) in [6.45, 7) is 1.76. The van der Waals surface area contributed by atoms with Gasteiger partial charge in [0.15, 0.2) is 0 Å². The van der Waals surface area contributed by atoms with Crippen LogP contribution >= 0.6 is 0 Å². The Bertz CT molecular complexity index is 1110. The highest BCUT2D eigenvalue weighted by Crippen LogP contribution is 2.23. The molecule has 6 nitrogen and oxygen atoms in total. The van der Waals surface area contributed by atoms with Gasteiger partial charge in [0.1, 0.15) is 5.75 Å². The van der Waals surface area contributed by atoms with Crippen molar-refractivity contribution in [1.29, 1.82) is 0 Å². The zero-order valence-corrected chi connectivity index (χ0v) is 17.2. The van der Waals surface area contributed by atoms with Crippen molar-refractivity contribution in [2.24, 2.45) is 0 Å². The molecule has 0 bridgehead atoms. The number of benzene rings is 3. The van der Waals surface area contributed by atoms with E-state index in [-0.39, 0.29) is 10.8 Å². The van der Waals surface area contributed by atoms with Crippen molar-refractivity contribution in [3.63, 3.8) is 0 Å². The maximum absolute atomic E-state index is 12.8. The molecule has 7 heteroatoms. The second-order valence-electron chi connectivity index (χ2n) is 6.51. The molecule has 1 amide bonds. The number of sulfonamides is 1. The molecule has 0 saturated carbocycles. The number of para-hydroxylation sites is 1. The Labute approximate surface area is 170 Å². The third kappa shape index (κ3) is 4.57. The topological polar surface area (TPSA) is 75.7 Å². The van der Waals surface area contributed by atoms with Crippen LogP contribution in [0.15, 0.2) is 77.7 Å². The second kappa shape index (κ2) is 8.36. The number of nitrogens with zero attached hydrogens (tertiary/aromatic N) is 1. The fraction of sp³-hybridized carbons (Fsp3) is 0.136. The van der Waals surface area contributed by atoms with E-state index < -0.39 is 10.0 Å². The molecule has 29 heavy (non-hydrogen) atoms. The minimum atomic E-state index is -3.75. The lowest BCUT2D eigenvalue weighted by atomic mass is 10.1. The van der Waals surface area contributed by atoms with E-state index in [4.69, 9.17) is 4.74 Å². The van der Waals surface area contributed by atoms with Crippen molar-refractivity contribution in [2.45, 2.75) is 11.8 Å². The highest BCUT2D eigenvalue weighted by Gasteiger charge is 2.18. The molecule has 1 N–H and O–H groups in total. The molecule has 0 atom stereocenters. The lowest BCUT2D eigenvalue weighted by Gasteiger charge is -2.18.